The number of pyridine rings is 1. The number of hydrogen-bond acceptors (Lipinski definition) is 5. The van der Waals surface area contributed by atoms with E-state index in [0.717, 1.165) is 19.1 Å². The van der Waals surface area contributed by atoms with Gasteiger partial charge in [-0.15, -0.1) is 0 Å². The van der Waals surface area contributed by atoms with Gasteiger partial charge in [0, 0.05) is 6.54 Å². The van der Waals surface area contributed by atoms with E-state index < -0.39 is 28.8 Å². The predicted octanol–water partition coefficient (Wildman–Crippen LogP) is 2.75. The van der Waals surface area contributed by atoms with Crippen molar-refractivity contribution in [2.24, 2.45) is 0 Å². The summed E-state index contributed by atoms with van der Waals surface area (Å²) in [5, 5.41) is 13.3. The minimum absolute atomic E-state index is 0.0843. The molecule has 0 aliphatic carbocycles. The maximum Gasteiger partial charge on any atom is 0.425 e. The van der Waals surface area contributed by atoms with E-state index in [2.05, 4.69) is 15.0 Å². The zero-order valence-electron chi connectivity index (χ0n) is 10.2. The summed E-state index contributed by atoms with van der Waals surface area (Å²) >= 11 is 0. The van der Waals surface area contributed by atoms with Gasteiger partial charge in [0.25, 0.3) is 5.69 Å². The zero-order valence-corrected chi connectivity index (χ0v) is 10.2. The monoisotopic (exact) mass is 279 g/mol. The van der Waals surface area contributed by atoms with Crippen LogP contribution in [-0.4, -0.2) is 28.7 Å². The van der Waals surface area contributed by atoms with Gasteiger partial charge in [0.1, 0.15) is 5.82 Å². The third-order valence-corrected chi connectivity index (χ3v) is 2.11. The number of nitro groups is 1. The molecule has 1 atom stereocenters. The highest BCUT2D eigenvalue weighted by Gasteiger charge is 2.38. The van der Waals surface area contributed by atoms with Gasteiger partial charge in [0.2, 0.25) is 5.88 Å². The van der Waals surface area contributed by atoms with E-state index in [9.17, 15) is 23.3 Å². The molecule has 0 saturated carbocycles. The molecule has 19 heavy (non-hydrogen) atoms. The third-order valence-electron chi connectivity index (χ3n) is 2.11. The lowest BCUT2D eigenvalue weighted by Gasteiger charge is -2.17. The number of anilines is 1. The number of ether oxygens (including phenoxy) is 1. The van der Waals surface area contributed by atoms with Crippen LogP contribution >= 0.6 is 0 Å². The van der Waals surface area contributed by atoms with Crippen molar-refractivity contribution in [1.82, 2.24) is 4.98 Å². The molecule has 0 saturated heterocycles. The molecule has 9 heteroatoms. The Bertz CT molecular complexity index is 465. The van der Waals surface area contributed by atoms with Gasteiger partial charge >= 0.3 is 6.18 Å². The van der Waals surface area contributed by atoms with Gasteiger partial charge in [-0.2, -0.15) is 18.2 Å². The van der Waals surface area contributed by atoms with Crippen LogP contribution in [-0.2, 0) is 0 Å². The molecule has 106 valence electrons. The van der Waals surface area contributed by atoms with E-state index in [1.807, 2.05) is 0 Å². The number of halogens is 3. The second-order valence-electron chi connectivity index (χ2n) is 3.64. The molecule has 1 heterocycles. The van der Waals surface area contributed by atoms with Gasteiger partial charge in [-0.25, -0.2) is 0 Å². The molecule has 0 aromatic carbocycles. The van der Waals surface area contributed by atoms with Crippen LogP contribution in [0.15, 0.2) is 12.1 Å². The fourth-order valence-electron chi connectivity index (χ4n) is 1.18. The molecule has 1 rings (SSSR count). The first kappa shape index (κ1) is 15.0. The van der Waals surface area contributed by atoms with Crippen molar-refractivity contribution in [3.8, 4) is 5.88 Å². The van der Waals surface area contributed by atoms with Crippen LogP contribution in [0.5, 0.6) is 5.88 Å². The summed E-state index contributed by atoms with van der Waals surface area (Å²) in [4.78, 5) is 13.7. The first-order valence-electron chi connectivity index (χ1n) is 5.37. The Balaban J connectivity index is 3.02. The molecule has 0 fully saturated rings. The number of rotatable bonds is 5. The molecular weight excluding hydrogens is 267 g/mol. The van der Waals surface area contributed by atoms with E-state index in [1.165, 1.54) is 0 Å². The molecule has 1 aromatic heterocycles. The summed E-state index contributed by atoms with van der Waals surface area (Å²) in [6.45, 7) is 2.94. The fourth-order valence-corrected chi connectivity index (χ4v) is 1.18. The molecule has 6 nitrogen and oxygen atoms in total. The molecule has 0 bridgehead atoms. The molecule has 0 spiro atoms. The predicted molar refractivity (Wildman–Crippen MR) is 61.2 cm³/mol. The van der Waals surface area contributed by atoms with Crippen LogP contribution in [0.2, 0.25) is 0 Å². The van der Waals surface area contributed by atoms with Gasteiger partial charge < -0.3 is 10.1 Å². The highest BCUT2D eigenvalue weighted by molar-refractivity contribution is 5.48. The fraction of sp³-hybridized carbons (Fsp3) is 0.500. The minimum atomic E-state index is -4.56. The topological polar surface area (TPSA) is 77.3 Å². The van der Waals surface area contributed by atoms with E-state index in [0.29, 0.717) is 6.54 Å². The Hall–Kier alpha value is -2.06. The molecule has 0 amide bonds. The van der Waals surface area contributed by atoms with Crippen LogP contribution in [0, 0.1) is 10.1 Å². The molecule has 1 unspecified atom stereocenters. The Kier molecular flexibility index (Phi) is 4.52. The van der Waals surface area contributed by atoms with Crippen LogP contribution in [0.25, 0.3) is 0 Å². The molecular formula is C10H12F3N3O3. The molecule has 1 N–H and O–H groups in total. The van der Waals surface area contributed by atoms with Gasteiger partial charge in [0.05, 0.1) is 17.1 Å². The summed E-state index contributed by atoms with van der Waals surface area (Å²) in [6, 6.07) is 1.97. The highest BCUT2D eigenvalue weighted by Crippen LogP contribution is 2.27. The maximum absolute atomic E-state index is 12.3. The zero-order chi connectivity index (χ0) is 14.6. The van der Waals surface area contributed by atoms with Gasteiger partial charge in [-0.1, -0.05) is 0 Å². The van der Waals surface area contributed by atoms with Crippen molar-refractivity contribution in [2.45, 2.75) is 26.1 Å². The number of hydrogen-bond donors (Lipinski definition) is 1. The Morgan fingerprint density at radius 2 is 2.16 bits per heavy atom. The van der Waals surface area contributed by atoms with Crippen LogP contribution < -0.4 is 10.1 Å². The first-order valence-corrected chi connectivity index (χ1v) is 5.37. The quantitative estimate of drug-likeness (QED) is 0.662. The van der Waals surface area contributed by atoms with Crippen molar-refractivity contribution >= 4 is 11.5 Å². The van der Waals surface area contributed by atoms with Crippen molar-refractivity contribution in [1.29, 1.82) is 0 Å². The maximum atomic E-state index is 12.3. The summed E-state index contributed by atoms with van der Waals surface area (Å²) in [6.07, 6.45) is -6.67. The lowest BCUT2D eigenvalue weighted by atomic mass is 10.3. The minimum Gasteiger partial charge on any atom is -0.465 e. The van der Waals surface area contributed by atoms with Gasteiger partial charge in [0.15, 0.2) is 6.10 Å². The highest BCUT2D eigenvalue weighted by atomic mass is 19.4. The van der Waals surface area contributed by atoms with E-state index in [-0.39, 0.29) is 5.82 Å². The second kappa shape index (κ2) is 5.72. The van der Waals surface area contributed by atoms with E-state index in [4.69, 9.17) is 0 Å². The SMILES string of the molecule is CCNc1cc([N+](=O)[O-])cc(OC(C)C(F)(F)F)n1. The lowest BCUT2D eigenvalue weighted by molar-refractivity contribution is -0.385. The average Bonchev–Trinajstić information content (AvgIpc) is 2.27. The molecule has 0 aliphatic rings. The summed E-state index contributed by atoms with van der Waals surface area (Å²) in [5.41, 5.74) is -0.393. The molecule has 0 aliphatic heterocycles. The van der Waals surface area contributed by atoms with Crippen LogP contribution in [0.4, 0.5) is 24.7 Å². The van der Waals surface area contributed by atoms with E-state index >= 15 is 0 Å². The number of nitrogens with one attached hydrogen (secondary N) is 1. The van der Waals surface area contributed by atoms with Gasteiger partial charge in [-0.05, 0) is 13.8 Å². The normalized spacial score (nSPS) is 12.9. The Morgan fingerprint density at radius 3 is 2.63 bits per heavy atom. The van der Waals surface area contributed by atoms with E-state index in [1.54, 1.807) is 6.92 Å². The Morgan fingerprint density at radius 1 is 1.53 bits per heavy atom. The third kappa shape index (κ3) is 4.27. The number of nitrogens with zero attached hydrogens (tertiary/aromatic N) is 2. The van der Waals surface area contributed by atoms with Crippen molar-refractivity contribution in [2.75, 3.05) is 11.9 Å². The number of aromatic nitrogens is 1. The average molecular weight is 279 g/mol. The second-order valence-corrected chi connectivity index (χ2v) is 3.64. The largest absolute Gasteiger partial charge is 0.465 e. The first-order chi connectivity index (χ1) is 8.74. The van der Waals surface area contributed by atoms with Crippen molar-refractivity contribution < 1.29 is 22.8 Å². The summed E-state index contributed by atoms with van der Waals surface area (Å²) in [5.74, 6) is -0.365. The van der Waals surface area contributed by atoms with Crippen LogP contribution in [0.1, 0.15) is 13.8 Å². The van der Waals surface area contributed by atoms with Crippen molar-refractivity contribution in [3.05, 3.63) is 22.2 Å². The Labute approximate surface area is 106 Å². The summed E-state index contributed by atoms with van der Waals surface area (Å²) in [7, 11) is 0. The lowest BCUT2D eigenvalue weighted by Crippen LogP contribution is -2.31. The smallest absolute Gasteiger partial charge is 0.425 e. The number of alkyl halides is 3. The van der Waals surface area contributed by atoms with Crippen LogP contribution in [0.3, 0.4) is 0 Å². The van der Waals surface area contributed by atoms with Crippen molar-refractivity contribution in [3.63, 3.8) is 0 Å². The molecule has 1 aromatic rings. The van der Waals surface area contributed by atoms with Gasteiger partial charge in [-0.3, -0.25) is 10.1 Å². The molecule has 0 radical (unpaired) electrons. The standard InChI is InChI=1S/C10H12F3N3O3/c1-3-14-8-4-7(16(17)18)5-9(15-8)19-6(2)10(11,12)13/h4-6H,3H2,1-2H3,(H,14,15). The summed E-state index contributed by atoms with van der Waals surface area (Å²) < 4.78 is 41.6.